The van der Waals surface area contributed by atoms with Gasteiger partial charge in [-0.1, -0.05) is 0 Å². The second-order valence-corrected chi connectivity index (χ2v) is 9.38. The maximum atomic E-state index is 9.13. The van der Waals surface area contributed by atoms with Gasteiger partial charge < -0.3 is 25.5 Å². The number of hydrogen-bond donors (Lipinski definition) is 1. The van der Waals surface area contributed by atoms with Crippen LogP contribution in [-0.4, -0.2) is 62.3 Å². The predicted molar refractivity (Wildman–Crippen MR) is 82.3 cm³/mol. The summed E-state index contributed by atoms with van der Waals surface area (Å²) in [6.07, 6.45) is 7.09. The maximum absolute atomic E-state index is 9.13. The molecule has 122 valence electrons. The third kappa shape index (κ3) is 10.3. The molecule has 2 rings (SSSR count). The molecule has 0 spiro atoms. The van der Waals surface area contributed by atoms with Gasteiger partial charge in [-0.25, -0.2) is 0 Å². The van der Waals surface area contributed by atoms with Crippen molar-refractivity contribution in [2.45, 2.75) is 79.7 Å². The number of aliphatic hydroxyl groups excluding tert-OH is 1. The van der Waals surface area contributed by atoms with Gasteiger partial charge in [0.2, 0.25) is 0 Å². The first-order valence-electron chi connectivity index (χ1n) is 7.42. The third-order valence-electron chi connectivity index (χ3n) is 3.23. The van der Waals surface area contributed by atoms with E-state index in [0.29, 0.717) is 13.0 Å². The van der Waals surface area contributed by atoms with Crippen molar-refractivity contribution in [3.63, 3.8) is 0 Å². The van der Waals surface area contributed by atoms with Crippen molar-refractivity contribution in [2.24, 2.45) is 0 Å². The van der Waals surface area contributed by atoms with E-state index in [1.807, 2.05) is 0 Å². The van der Waals surface area contributed by atoms with Gasteiger partial charge in [-0.05, 0) is 0 Å². The summed E-state index contributed by atoms with van der Waals surface area (Å²) in [7, 11) is 0. The Kier molecular flexibility index (Phi) is 16.6. The third-order valence-corrected chi connectivity index (χ3v) is 7.26. The van der Waals surface area contributed by atoms with E-state index in [1.54, 1.807) is 8.87 Å². The fourth-order valence-corrected chi connectivity index (χ4v) is 6.26. The number of rotatable bonds is 6. The fraction of sp³-hybridized carbons (Fsp3) is 1.00. The van der Waals surface area contributed by atoms with Crippen LogP contribution in [0.5, 0.6) is 0 Å². The summed E-state index contributed by atoms with van der Waals surface area (Å²) in [6.45, 7) is 5.25. The topological polar surface area (TPSA) is 102 Å². The second kappa shape index (κ2) is 14.5. The molecule has 5 N–H and O–H groups in total. The summed E-state index contributed by atoms with van der Waals surface area (Å²) >= 11 is 0.149. The average Bonchev–Trinajstić information content (AvgIpc) is 2.70. The molecule has 20 heavy (non-hydrogen) atoms. The molecule has 2 saturated heterocycles. The first-order valence-corrected chi connectivity index (χ1v) is 11.5. The number of fused-ring (bicyclic) bond motifs is 2. The largest absolute Gasteiger partial charge is 0.412 e. The van der Waals surface area contributed by atoms with E-state index in [-0.39, 0.29) is 50.6 Å². The van der Waals surface area contributed by atoms with E-state index < -0.39 is 0 Å². The molecule has 2 aliphatic heterocycles. The summed E-state index contributed by atoms with van der Waals surface area (Å²) in [5.74, 6) is 0. The van der Waals surface area contributed by atoms with Gasteiger partial charge in [0, 0.05) is 12.8 Å². The van der Waals surface area contributed by atoms with E-state index in [4.69, 9.17) is 14.6 Å². The average molecular weight is 399 g/mol. The van der Waals surface area contributed by atoms with Crippen LogP contribution in [0.1, 0.15) is 52.4 Å². The molecule has 0 aromatic carbocycles. The standard InChI is InChI=1S/C6H10O3.2C4H9.2H2O.Sn/c7-4-1-5-3-8-6(2-4)9-5;2*1-3-4-2;;;/h4-7H,1-3H2;2*1,3-4H2,2H3;2*1H2;. The minimum absolute atomic E-state index is 0. The van der Waals surface area contributed by atoms with Crippen molar-refractivity contribution >= 4 is 21.1 Å². The zero-order chi connectivity index (χ0) is 13.2. The van der Waals surface area contributed by atoms with Crippen molar-refractivity contribution in [3.05, 3.63) is 0 Å². The van der Waals surface area contributed by atoms with Gasteiger partial charge in [-0.3, -0.25) is 0 Å². The zero-order valence-electron chi connectivity index (χ0n) is 12.9. The van der Waals surface area contributed by atoms with Crippen molar-refractivity contribution in [1.29, 1.82) is 0 Å². The van der Waals surface area contributed by atoms with Crippen molar-refractivity contribution in [2.75, 3.05) is 6.61 Å². The number of ether oxygens (including phenoxy) is 2. The summed E-state index contributed by atoms with van der Waals surface area (Å²) in [6, 6.07) is 0. The Balaban J connectivity index is 0. The van der Waals surface area contributed by atoms with Crippen molar-refractivity contribution < 1.29 is 25.5 Å². The van der Waals surface area contributed by atoms with Gasteiger partial charge in [0.1, 0.15) is 0 Å². The predicted octanol–water partition coefficient (Wildman–Crippen LogP) is 1.36. The minimum Gasteiger partial charge on any atom is -0.412 e. The van der Waals surface area contributed by atoms with E-state index in [0.717, 1.165) is 6.42 Å². The Morgan fingerprint density at radius 1 is 1.05 bits per heavy atom. The molecule has 2 aliphatic rings. The summed E-state index contributed by atoms with van der Waals surface area (Å²) in [5, 5.41) is 9.13. The van der Waals surface area contributed by atoms with Gasteiger partial charge in [0.05, 0.1) is 18.8 Å². The molecule has 0 aliphatic carbocycles. The SMILES string of the molecule is CCC[CH2][Sn][CH2]CCC.O.O.OC1CC2COC(C1)O2. The van der Waals surface area contributed by atoms with Crippen LogP contribution in [0, 0.1) is 0 Å². The quantitative estimate of drug-likeness (QED) is 0.539. The maximum Gasteiger partial charge on any atom is 0.160 e. The van der Waals surface area contributed by atoms with Gasteiger partial charge in [0.15, 0.2) is 6.29 Å². The molecule has 0 aromatic rings. The smallest absolute Gasteiger partial charge is 0.160 e. The Bertz CT molecular complexity index is 188. The first kappa shape index (κ1) is 22.9. The molecule has 3 unspecified atom stereocenters. The summed E-state index contributed by atoms with van der Waals surface area (Å²) < 4.78 is 13.7. The van der Waals surface area contributed by atoms with E-state index >= 15 is 0 Å². The molecule has 0 saturated carbocycles. The summed E-state index contributed by atoms with van der Waals surface area (Å²) in [5.41, 5.74) is 0. The molecule has 2 heterocycles. The molecule has 3 atom stereocenters. The Hall–Kier alpha value is 0.599. The van der Waals surface area contributed by atoms with Crippen LogP contribution in [0.15, 0.2) is 0 Å². The van der Waals surface area contributed by atoms with E-state index in [2.05, 4.69) is 13.8 Å². The molecule has 0 amide bonds. The van der Waals surface area contributed by atoms with Crippen LogP contribution >= 0.6 is 0 Å². The van der Waals surface area contributed by atoms with Gasteiger partial charge >= 0.3 is 69.5 Å². The van der Waals surface area contributed by atoms with Crippen LogP contribution < -0.4 is 0 Å². The van der Waals surface area contributed by atoms with E-state index in [1.165, 1.54) is 25.7 Å². The molecular weight excluding hydrogens is 367 g/mol. The fourth-order valence-electron chi connectivity index (χ4n) is 2.11. The Morgan fingerprint density at radius 2 is 1.65 bits per heavy atom. The summed E-state index contributed by atoms with van der Waals surface area (Å²) in [4.78, 5) is 0. The van der Waals surface area contributed by atoms with Crippen molar-refractivity contribution in [1.82, 2.24) is 0 Å². The van der Waals surface area contributed by atoms with Crippen molar-refractivity contribution in [3.8, 4) is 0 Å². The minimum atomic E-state index is -0.198. The van der Waals surface area contributed by atoms with Gasteiger partial charge in [-0.15, -0.1) is 0 Å². The number of aliphatic hydroxyl groups is 1. The van der Waals surface area contributed by atoms with Crippen LogP contribution in [0.4, 0.5) is 0 Å². The zero-order valence-corrected chi connectivity index (χ0v) is 15.7. The molecule has 2 radical (unpaired) electrons. The molecule has 0 aromatic heterocycles. The Labute approximate surface area is 133 Å². The van der Waals surface area contributed by atoms with Crippen LogP contribution in [-0.2, 0) is 9.47 Å². The molecule has 2 bridgehead atoms. The van der Waals surface area contributed by atoms with Crippen LogP contribution in [0.25, 0.3) is 0 Å². The molecule has 6 heteroatoms. The first-order chi connectivity index (χ1) is 8.76. The second-order valence-electron chi connectivity index (χ2n) is 5.10. The number of unbranched alkanes of at least 4 members (excludes halogenated alkanes) is 2. The number of hydrogen-bond acceptors (Lipinski definition) is 3. The van der Waals surface area contributed by atoms with Gasteiger partial charge in [0.25, 0.3) is 0 Å². The van der Waals surface area contributed by atoms with Crippen LogP contribution in [0.2, 0.25) is 8.87 Å². The Morgan fingerprint density at radius 3 is 2.15 bits per heavy atom. The normalized spacial score (nSPS) is 26.9. The van der Waals surface area contributed by atoms with Gasteiger partial charge in [-0.2, -0.15) is 0 Å². The molecule has 2 fully saturated rings. The molecule has 5 nitrogen and oxygen atoms in total. The molecular formula is C14H32O5Sn. The monoisotopic (exact) mass is 400 g/mol. The van der Waals surface area contributed by atoms with Crippen LogP contribution in [0.3, 0.4) is 0 Å². The van der Waals surface area contributed by atoms with E-state index in [9.17, 15) is 0 Å².